The fraction of sp³-hybridized carbons (Fsp3) is 0.217. The number of unbranched alkanes of at least 4 members (excludes halogenated alkanes) is 1. The zero-order chi connectivity index (χ0) is 23.3. The Morgan fingerprint density at radius 1 is 0.750 bits per heavy atom. The van der Waals surface area contributed by atoms with Crippen molar-refractivity contribution in [2.24, 2.45) is 0 Å². The molecular weight excluding hydrogens is 420 g/mol. The molecule has 0 aromatic heterocycles. The van der Waals surface area contributed by atoms with Crippen LogP contribution in [0.15, 0.2) is 61.2 Å². The Kier molecular flexibility index (Phi) is 9.45. The predicted molar refractivity (Wildman–Crippen MR) is 112 cm³/mol. The summed E-state index contributed by atoms with van der Waals surface area (Å²) >= 11 is 0. The number of ether oxygens (including phenoxy) is 5. The monoisotopic (exact) mass is 442 g/mol. The molecule has 0 fully saturated rings. The minimum atomic E-state index is -0.894. The van der Waals surface area contributed by atoms with Crippen molar-refractivity contribution in [3.8, 4) is 11.5 Å². The molecule has 0 amide bonds. The minimum Gasteiger partial charge on any atom is -0.465 e. The first-order valence-corrected chi connectivity index (χ1v) is 9.57. The summed E-state index contributed by atoms with van der Waals surface area (Å²) in [6, 6.07) is 11.6. The van der Waals surface area contributed by atoms with Crippen molar-refractivity contribution in [3.63, 3.8) is 0 Å². The Balaban J connectivity index is 1.75. The molecule has 0 atom stereocenters. The van der Waals surface area contributed by atoms with Gasteiger partial charge < -0.3 is 23.7 Å². The van der Waals surface area contributed by atoms with Gasteiger partial charge in [-0.05, 0) is 61.4 Å². The van der Waals surface area contributed by atoms with E-state index in [9.17, 15) is 19.2 Å². The van der Waals surface area contributed by atoms with Gasteiger partial charge in [0.2, 0.25) is 0 Å². The van der Waals surface area contributed by atoms with E-state index in [-0.39, 0.29) is 30.3 Å². The Morgan fingerprint density at radius 2 is 1.25 bits per heavy atom. The highest BCUT2D eigenvalue weighted by Gasteiger charge is 2.12. The zero-order valence-electron chi connectivity index (χ0n) is 17.4. The van der Waals surface area contributed by atoms with E-state index in [0.29, 0.717) is 18.4 Å². The first kappa shape index (κ1) is 24.1. The van der Waals surface area contributed by atoms with Crippen LogP contribution in [0.5, 0.6) is 11.5 Å². The molecule has 0 radical (unpaired) electrons. The average Bonchev–Trinajstić information content (AvgIpc) is 2.81. The number of carbonyl (C=O) groups excluding carboxylic acids is 4. The molecule has 9 nitrogen and oxygen atoms in total. The standard InChI is InChI=1S/C23H22O9/c1-3-20(24)29-14-4-5-15-30-23(27)32-19-12-8-17(9-13-19)22(26)31-18-10-6-16(7-11-18)21(25)28-2/h3,6-13H,1,4-5,14-15H2,2H3. The lowest BCUT2D eigenvalue weighted by Crippen LogP contribution is -2.12. The van der Waals surface area contributed by atoms with Gasteiger partial charge in [0, 0.05) is 6.08 Å². The smallest absolute Gasteiger partial charge is 0.465 e. The van der Waals surface area contributed by atoms with Crippen LogP contribution in [0.3, 0.4) is 0 Å². The summed E-state index contributed by atoms with van der Waals surface area (Å²) < 4.78 is 24.6. The molecule has 0 aliphatic rings. The topological polar surface area (TPSA) is 114 Å². The van der Waals surface area contributed by atoms with Crippen LogP contribution in [-0.2, 0) is 19.0 Å². The van der Waals surface area contributed by atoms with E-state index in [1.54, 1.807) is 0 Å². The SMILES string of the molecule is C=CC(=O)OCCCCOC(=O)Oc1ccc(C(=O)Oc2ccc(C(=O)OC)cc2)cc1. The first-order chi connectivity index (χ1) is 15.4. The lowest BCUT2D eigenvalue weighted by molar-refractivity contribution is -0.137. The quantitative estimate of drug-likeness (QED) is 0.136. The van der Waals surface area contributed by atoms with Crippen molar-refractivity contribution in [2.75, 3.05) is 20.3 Å². The maximum atomic E-state index is 12.2. The molecule has 2 aromatic carbocycles. The van der Waals surface area contributed by atoms with Gasteiger partial charge in [-0.2, -0.15) is 0 Å². The number of hydrogen-bond acceptors (Lipinski definition) is 9. The molecule has 0 spiro atoms. The van der Waals surface area contributed by atoms with Gasteiger partial charge in [0.1, 0.15) is 11.5 Å². The van der Waals surface area contributed by atoms with Crippen molar-refractivity contribution in [2.45, 2.75) is 12.8 Å². The maximum Gasteiger partial charge on any atom is 0.513 e. The third kappa shape index (κ3) is 7.94. The number of esters is 3. The van der Waals surface area contributed by atoms with Crippen LogP contribution in [-0.4, -0.2) is 44.4 Å². The second kappa shape index (κ2) is 12.5. The molecule has 32 heavy (non-hydrogen) atoms. The Morgan fingerprint density at radius 3 is 1.78 bits per heavy atom. The summed E-state index contributed by atoms with van der Waals surface area (Å²) in [5, 5.41) is 0. The molecule has 9 heteroatoms. The minimum absolute atomic E-state index is 0.101. The van der Waals surface area contributed by atoms with E-state index in [0.717, 1.165) is 6.08 Å². The van der Waals surface area contributed by atoms with E-state index in [4.69, 9.17) is 18.9 Å². The highest BCUT2D eigenvalue weighted by Crippen LogP contribution is 2.17. The van der Waals surface area contributed by atoms with Crippen molar-refractivity contribution < 1.29 is 42.9 Å². The predicted octanol–water partition coefficient (Wildman–Crippen LogP) is 3.72. The van der Waals surface area contributed by atoms with Crippen LogP contribution in [0.25, 0.3) is 0 Å². The van der Waals surface area contributed by atoms with E-state index in [1.807, 2.05) is 0 Å². The molecule has 2 aromatic rings. The molecule has 0 aliphatic heterocycles. The largest absolute Gasteiger partial charge is 0.513 e. The highest BCUT2D eigenvalue weighted by molar-refractivity contribution is 5.92. The summed E-state index contributed by atoms with van der Waals surface area (Å²) in [5.74, 6) is -1.18. The van der Waals surface area contributed by atoms with Crippen molar-refractivity contribution in [1.82, 2.24) is 0 Å². The summed E-state index contributed by atoms with van der Waals surface area (Å²) in [4.78, 5) is 46.2. The Labute approximate surface area is 184 Å². The van der Waals surface area contributed by atoms with Crippen LogP contribution >= 0.6 is 0 Å². The molecule has 0 aliphatic carbocycles. The molecule has 0 N–H and O–H groups in total. The van der Waals surface area contributed by atoms with Crippen molar-refractivity contribution >= 4 is 24.1 Å². The van der Waals surface area contributed by atoms with Crippen LogP contribution in [0, 0.1) is 0 Å². The van der Waals surface area contributed by atoms with Crippen LogP contribution in [0.2, 0.25) is 0 Å². The molecule has 0 heterocycles. The van der Waals surface area contributed by atoms with Gasteiger partial charge >= 0.3 is 24.1 Å². The highest BCUT2D eigenvalue weighted by atomic mass is 16.7. The Bertz CT molecular complexity index is 946. The van der Waals surface area contributed by atoms with Gasteiger partial charge in [0.05, 0.1) is 31.5 Å². The number of rotatable bonds is 10. The summed E-state index contributed by atoms with van der Waals surface area (Å²) in [6.45, 7) is 3.59. The van der Waals surface area contributed by atoms with E-state index >= 15 is 0 Å². The molecule has 0 unspecified atom stereocenters. The van der Waals surface area contributed by atoms with E-state index < -0.39 is 24.1 Å². The first-order valence-electron chi connectivity index (χ1n) is 9.57. The lowest BCUT2D eigenvalue weighted by atomic mass is 10.2. The third-order valence-corrected chi connectivity index (χ3v) is 3.95. The van der Waals surface area contributed by atoms with E-state index in [1.165, 1.54) is 55.6 Å². The summed E-state index contributed by atoms with van der Waals surface area (Å²) in [7, 11) is 1.27. The van der Waals surface area contributed by atoms with Crippen molar-refractivity contribution in [3.05, 3.63) is 72.3 Å². The number of carbonyl (C=O) groups is 4. The van der Waals surface area contributed by atoms with Crippen molar-refractivity contribution in [1.29, 1.82) is 0 Å². The fourth-order valence-electron chi connectivity index (χ4n) is 2.32. The second-order valence-corrected chi connectivity index (χ2v) is 6.21. The third-order valence-electron chi connectivity index (χ3n) is 3.95. The molecule has 168 valence electrons. The Hall–Kier alpha value is -4.14. The molecule has 0 saturated heterocycles. The summed E-state index contributed by atoms with van der Waals surface area (Å²) in [5.41, 5.74) is 0.564. The van der Waals surface area contributed by atoms with Gasteiger partial charge in [0.15, 0.2) is 0 Å². The summed E-state index contributed by atoms with van der Waals surface area (Å²) in [6.07, 6.45) is 1.19. The van der Waals surface area contributed by atoms with Crippen LogP contribution < -0.4 is 9.47 Å². The number of hydrogen-bond donors (Lipinski definition) is 0. The maximum absolute atomic E-state index is 12.2. The van der Waals surface area contributed by atoms with Crippen LogP contribution in [0.4, 0.5) is 4.79 Å². The van der Waals surface area contributed by atoms with Crippen LogP contribution in [0.1, 0.15) is 33.6 Å². The van der Waals surface area contributed by atoms with Gasteiger partial charge in [0.25, 0.3) is 0 Å². The fourth-order valence-corrected chi connectivity index (χ4v) is 2.32. The number of benzene rings is 2. The normalized spacial score (nSPS) is 9.91. The molecular formula is C23H22O9. The van der Waals surface area contributed by atoms with Gasteiger partial charge in [-0.15, -0.1) is 0 Å². The average molecular weight is 442 g/mol. The van der Waals surface area contributed by atoms with E-state index in [2.05, 4.69) is 11.3 Å². The molecule has 2 rings (SSSR count). The van der Waals surface area contributed by atoms with Gasteiger partial charge in [-0.1, -0.05) is 6.58 Å². The van der Waals surface area contributed by atoms with Gasteiger partial charge in [-0.25, -0.2) is 19.2 Å². The molecule has 0 saturated carbocycles. The number of methoxy groups -OCH3 is 1. The zero-order valence-corrected chi connectivity index (χ0v) is 17.4. The lowest BCUT2D eigenvalue weighted by Gasteiger charge is -2.08. The van der Waals surface area contributed by atoms with Gasteiger partial charge in [-0.3, -0.25) is 0 Å². The molecule has 0 bridgehead atoms. The second-order valence-electron chi connectivity index (χ2n) is 6.21.